The number of guanidine groups is 1. The number of aliphatic imine (C=N–C) groups is 1. The van der Waals surface area contributed by atoms with Crippen molar-refractivity contribution in [1.29, 1.82) is 0 Å². The standard InChI is InChI=1S/C19H23N5O3/c1-13-11-23-15-16(20-18(23)22(13)9-10-27-3)21(2)19(26)24(17(15)25)12-14-7-5-4-6-8-14/h4-8,11,15-16H,9-10,12H2,1-3H3. The largest absolute Gasteiger partial charge is 0.383 e. The minimum atomic E-state index is -0.533. The molecular formula is C19H23N5O3. The molecule has 1 aromatic rings. The van der Waals surface area contributed by atoms with Gasteiger partial charge in [-0.2, -0.15) is 0 Å². The molecule has 3 aliphatic heterocycles. The number of nitrogens with zero attached hydrogens (tertiary/aromatic N) is 5. The number of ether oxygens (including phenoxy) is 1. The Morgan fingerprint density at radius 1 is 1.15 bits per heavy atom. The number of methoxy groups -OCH3 is 1. The Morgan fingerprint density at radius 3 is 2.59 bits per heavy atom. The Kier molecular flexibility index (Phi) is 4.35. The van der Waals surface area contributed by atoms with Crippen LogP contribution < -0.4 is 0 Å². The highest BCUT2D eigenvalue weighted by molar-refractivity contribution is 6.04. The number of urea groups is 1. The smallest absolute Gasteiger partial charge is 0.328 e. The van der Waals surface area contributed by atoms with Gasteiger partial charge in [-0.1, -0.05) is 30.3 Å². The molecule has 142 valence electrons. The first-order chi connectivity index (χ1) is 13.0. The molecule has 4 rings (SSSR count). The van der Waals surface area contributed by atoms with Crippen LogP contribution in [-0.4, -0.2) is 77.0 Å². The molecule has 1 saturated heterocycles. The predicted molar refractivity (Wildman–Crippen MR) is 99.3 cm³/mol. The fourth-order valence-corrected chi connectivity index (χ4v) is 3.77. The molecule has 1 aromatic carbocycles. The van der Waals surface area contributed by atoms with E-state index < -0.39 is 12.2 Å². The SMILES string of the molecule is COCCN1C(C)=CN2C1=NC1C2C(=O)N(Cc2ccccc2)C(=O)N1C. The van der Waals surface area contributed by atoms with E-state index in [1.807, 2.05) is 53.3 Å². The molecule has 0 N–H and O–H groups in total. The molecule has 2 unspecified atom stereocenters. The zero-order chi connectivity index (χ0) is 19.1. The van der Waals surface area contributed by atoms with Crippen LogP contribution in [0.5, 0.6) is 0 Å². The Labute approximate surface area is 158 Å². The Balaban J connectivity index is 1.61. The zero-order valence-electron chi connectivity index (χ0n) is 15.7. The summed E-state index contributed by atoms with van der Waals surface area (Å²) in [6, 6.07) is 8.68. The third-order valence-corrected chi connectivity index (χ3v) is 5.20. The molecule has 0 aliphatic carbocycles. The fourth-order valence-electron chi connectivity index (χ4n) is 3.77. The lowest BCUT2D eigenvalue weighted by atomic mass is 10.1. The maximum absolute atomic E-state index is 13.2. The number of allylic oxidation sites excluding steroid dienone is 1. The normalized spacial score (nSPS) is 24.3. The lowest BCUT2D eigenvalue weighted by Gasteiger charge is -2.40. The summed E-state index contributed by atoms with van der Waals surface area (Å²) in [6.45, 7) is 3.43. The number of rotatable bonds is 5. The molecule has 0 aromatic heterocycles. The van der Waals surface area contributed by atoms with Crippen molar-refractivity contribution in [2.75, 3.05) is 27.3 Å². The maximum atomic E-state index is 13.2. The van der Waals surface area contributed by atoms with E-state index >= 15 is 0 Å². The van der Waals surface area contributed by atoms with E-state index in [9.17, 15) is 9.59 Å². The quantitative estimate of drug-likeness (QED) is 0.782. The van der Waals surface area contributed by atoms with E-state index in [2.05, 4.69) is 0 Å². The number of imide groups is 1. The van der Waals surface area contributed by atoms with Gasteiger partial charge in [0.2, 0.25) is 5.96 Å². The van der Waals surface area contributed by atoms with E-state index in [0.717, 1.165) is 11.3 Å². The summed E-state index contributed by atoms with van der Waals surface area (Å²) in [7, 11) is 3.35. The van der Waals surface area contributed by atoms with Crippen LogP contribution >= 0.6 is 0 Å². The van der Waals surface area contributed by atoms with E-state index in [1.54, 1.807) is 19.1 Å². The van der Waals surface area contributed by atoms with E-state index in [4.69, 9.17) is 9.73 Å². The molecule has 3 amide bonds. The summed E-state index contributed by atoms with van der Waals surface area (Å²) < 4.78 is 5.18. The van der Waals surface area contributed by atoms with Gasteiger partial charge in [-0.25, -0.2) is 9.79 Å². The third-order valence-electron chi connectivity index (χ3n) is 5.20. The highest BCUT2D eigenvalue weighted by atomic mass is 16.5. The third kappa shape index (κ3) is 2.76. The molecule has 2 atom stereocenters. The van der Waals surface area contributed by atoms with Crippen LogP contribution in [0.4, 0.5) is 4.79 Å². The summed E-state index contributed by atoms with van der Waals surface area (Å²) >= 11 is 0. The van der Waals surface area contributed by atoms with Gasteiger partial charge in [0.05, 0.1) is 13.2 Å². The first-order valence-electron chi connectivity index (χ1n) is 8.96. The number of carbonyl (C=O) groups excluding carboxylic acids is 2. The predicted octanol–water partition coefficient (Wildman–Crippen LogP) is 1.27. The summed E-state index contributed by atoms with van der Waals surface area (Å²) in [6.07, 6.45) is 1.42. The van der Waals surface area contributed by atoms with Gasteiger partial charge in [-0.3, -0.25) is 9.69 Å². The van der Waals surface area contributed by atoms with E-state index in [-0.39, 0.29) is 18.5 Å². The van der Waals surface area contributed by atoms with Gasteiger partial charge in [-0.15, -0.1) is 0 Å². The van der Waals surface area contributed by atoms with Gasteiger partial charge in [0.1, 0.15) is 0 Å². The minimum absolute atomic E-state index is 0.219. The van der Waals surface area contributed by atoms with Crippen molar-refractivity contribution in [3.8, 4) is 0 Å². The molecule has 0 saturated carbocycles. The lowest BCUT2D eigenvalue weighted by Crippen LogP contribution is -2.63. The van der Waals surface area contributed by atoms with Crippen LogP contribution in [0.15, 0.2) is 47.2 Å². The van der Waals surface area contributed by atoms with Crippen molar-refractivity contribution in [2.24, 2.45) is 4.99 Å². The van der Waals surface area contributed by atoms with Crippen molar-refractivity contribution in [2.45, 2.75) is 25.7 Å². The van der Waals surface area contributed by atoms with Crippen molar-refractivity contribution >= 4 is 17.9 Å². The van der Waals surface area contributed by atoms with Crippen LogP contribution in [0.25, 0.3) is 0 Å². The summed E-state index contributed by atoms with van der Waals surface area (Å²) in [5.74, 6) is 0.484. The van der Waals surface area contributed by atoms with Gasteiger partial charge < -0.3 is 19.4 Å². The van der Waals surface area contributed by atoms with Crippen LogP contribution in [-0.2, 0) is 16.1 Å². The fraction of sp³-hybridized carbons (Fsp3) is 0.421. The van der Waals surface area contributed by atoms with Crippen molar-refractivity contribution in [1.82, 2.24) is 19.6 Å². The number of fused-ring (bicyclic) bond motifs is 3. The second kappa shape index (κ2) is 6.70. The number of likely N-dealkylation sites (N-methyl/N-ethyl adjacent to an activating group) is 1. The second-order valence-corrected chi connectivity index (χ2v) is 6.91. The maximum Gasteiger partial charge on any atom is 0.328 e. The molecule has 8 nitrogen and oxygen atoms in total. The number of hydrogen-bond acceptors (Lipinski definition) is 6. The van der Waals surface area contributed by atoms with Crippen LogP contribution in [0.1, 0.15) is 12.5 Å². The summed E-state index contributed by atoms with van der Waals surface area (Å²) in [5.41, 5.74) is 1.92. The molecule has 0 bridgehead atoms. The summed E-state index contributed by atoms with van der Waals surface area (Å²) in [4.78, 5) is 37.5. The molecule has 27 heavy (non-hydrogen) atoms. The van der Waals surface area contributed by atoms with Gasteiger partial charge in [-0.05, 0) is 12.5 Å². The Hall–Kier alpha value is -2.87. The van der Waals surface area contributed by atoms with Gasteiger partial charge >= 0.3 is 6.03 Å². The van der Waals surface area contributed by atoms with Crippen molar-refractivity contribution < 1.29 is 14.3 Å². The molecule has 3 aliphatic rings. The average molecular weight is 369 g/mol. The van der Waals surface area contributed by atoms with E-state index in [1.165, 1.54) is 4.90 Å². The molecule has 0 radical (unpaired) electrons. The average Bonchev–Trinajstić information content (AvgIpc) is 3.18. The molecule has 8 heteroatoms. The monoisotopic (exact) mass is 369 g/mol. The second-order valence-electron chi connectivity index (χ2n) is 6.91. The molecule has 0 spiro atoms. The van der Waals surface area contributed by atoms with Gasteiger partial charge in [0.25, 0.3) is 5.91 Å². The Morgan fingerprint density at radius 2 is 1.89 bits per heavy atom. The first-order valence-corrected chi connectivity index (χ1v) is 8.96. The number of benzene rings is 1. The van der Waals surface area contributed by atoms with Crippen LogP contribution in [0.2, 0.25) is 0 Å². The van der Waals surface area contributed by atoms with Crippen molar-refractivity contribution in [3.05, 3.63) is 47.8 Å². The van der Waals surface area contributed by atoms with Gasteiger partial charge in [0.15, 0.2) is 12.2 Å². The Bertz CT molecular complexity index is 822. The highest BCUT2D eigenvalue weighted by Gasteiger charge is 2.54. The lowest BCUT2D eigenvalue weighted by molar-refractivity contribution is -0.137. The van der Waals surface area contributed by atoms with E-state index in [0.29, 0.717) is 19.1 Å². The number of carbonyl (C=O) groups is 2. The van der Waals surface area contributed by atoms with Gasteiger partial charge in [0, 0.05) is 32.6 Å². The van der Waals surface area contributed by atoms with Crippen LogP contribution in [0.3, 0.4) is 0 Å². The number of amides is 3. The van der Waals surface area contributed by atoms with Crippen LogP contribution in [0, 0.1) is 0 Å². The minimum Gasteiger partial charge on any atom is -0.383 e. The van der Waals surface area contributed by atoms with Crippen molar-refractivity contribution in [3.63, 3.8) is 0 Å². The molecule has 1 fully saturated rings. The molecule has 3 heterocycles. The summed E-state index contributed by atoms with van der Waals surface area (Å²) in [5, 5.41) is 0. The number of hydrogen-bond donors (Lipinski definition) is 0. The zero-order valence-corrected chi connectivity index (χ0v) is 15.7. The topological polar surface area (TPSA) is 68.7 Å². The highest BCUT2D eigenvalue weighted by Crippen LogP contribution is 2.34. The molecular weight excluding hydrogens is 346 g/mol. The first kappa shape index (κ1) is 17.5.